The summed E-state index contributed by atoms with van der Waals surface area (Å²) in [6.07, 6.45) is 4.09. The first-order valence-electron chi connectivity index (χ1n) is 12.1. The van der Waals surface area contributed by atoms with Gasteiger partial charge in [0.2, 0.25) is 5.95 Å². The number of likely N-dealkylation sites (tertiary alicyclic amines) is 1. The smallest absolute Gasteiger partial charge is 0.204 e. The van der Waals surface area contributed by atoms with Gasteiger partial charge in [-0.25, -0.2) is 9.97 Å². The molecule has 7 heteroatoms. The fraction of sp³-hybridized carbons (Fsp3) is 0.462. The molecule has 1 aliphatic heterocycles. The predicted octanol–water partition coefficient (Wildman–Crippen LogP) is 3.83. The Morgan fingerprint density at radius 2 is 1.82 bits per heavy atom. The number of anilines is 1. The summed E-state index contributed by atoms with van der Waals surface area (Å²) in [4.78, 5) is 12.1. The number of piperidine rings is 1. The van der Waals surface area contributed by atoms with Gasteiger partial charge in [0.15, 0.2) is 0 Å². The maximum absolute atomic E-state index is 6.31. The lowest BCUT2D eigenvalue weighted by molar-refractivity contribution is 0.194. The Bertz CT molecular complexity index is 1230. The minimum atomic E-state index is 0.244. The average Bonchev–Trinajstić information content (AvgIpc) is 3.36. The van der Waals surface area contributed by atoms with Crippen molar-refractivity contribution in [2.45, 2.75) is 45.3 Å². The summed E-state index contributed by atoms with van der Waals surface area (Å²) < 4.78 is 4.38. The van der Waals surface area contributed by atoms with Gasteiger partial charge in [0.1, 0.15) is 0 Å². The zero-order valence-corrected chi connectivity index (χ0v) is 19.9. The molecule has 1 aliphatic rings. The van der Waals surface area contributed by atoms with Gasteiger partial charge in [0.05, 0.1) is 34.9 Å². The van der Waals surface area contributed by atoms with Crippen LogP contribution in [0, 0.1) is 5.92 Å². The predicted molar refractivity (Wildman–Crippen MR) is 135 cm³/mol. The number of hydrogen-bond donors (Lipinski definition) is 2. The van der Waals surface area contributed by atoms with Gasteiger partial charge >= 0.3 is 0 Å². The van der Waals surface area contributed by atoms with E-state index in [-0.39, 0.29) is 6.04 Å². The van der Waals surface area contributed by atoms with Gasteiger partial charge in [-0.3, -0.25) is 0 Å². The van der Waals surface area contributed by atoms with Gasteiger partial charge < -0.3 is 25.1 Å². The zero-order valence-electron chi connectivity index (χ0n) is 19.9. The lowest BCUT2D eigenvalue weighted by Gasteiger charge is -2.34. The van der Waals surface area contributed by atoms with Crippen molar-refractivity contribution < 1.29 is 0 Å². The van der Waals surface area contributed by atoms with Gasteiger partial charge in [-0.05, 0) is 42.5 Å². The van der Waals surface area contributed by atoms with Gasteiger partial charge in [-0.2, -0.15) is 0 Å². The number of nitrogens with two attached hydrogens (primary N) is 1. The van der Waals surface area contributed by atoms with E-state index in [1.54, 1.807) is 0 Å². The standard InChI is InChI=1S/C26H35N7/c1-18(2)21(27)16-32-13-11-20(12-14-32)29-26-30-22-8-4-5-9-23(22)33(26)15-19-7-6-10-24-25(19)28-17-31(24)3/h4-10,17-18,20-21H,11-16,27H2,1-3H3,(H,29,30). The number of benzene rings is 2. The molecule has 3 heterocycles. The number of rotatable bonds is 7. The highest BCUT2D eigenvalue weighted by molar-refractivity contribution is 5.81. The third-order valence-electron chi connectivity index (χ3n) is 7.07. The Balaban J connectivity index is 1.37. The minimum Gasteiger partial charge on any atom is -0.353 e. The van der Waals surface area contributed by atoms with E-state index in [0.29, 0.717) is 12.0 Å². The van der Waals surface area contributed by atoms with Crippen LogP contribution < -0.4 is 11.1 Å². The minimum absolute atomic E-state index is 0.244. The Kier molecular flexibility index (Phi) is 6.08. The average molecular weight is 446 g/mol. The Hall–Kier alpha value is -2.90. The lowest BCUT2D eigenvalue weighted by atomic mass is 10.0. The maximum Gasteiger partial charge on any atom is 0.204 e. The van der Waals surface area contributed by atoms with Gasteiger partial charge in [-0.15, -0.1) is 0 Å². The van der Waals surface area contributed by atoms with Gasteiger partial charge in [-0.1, -0.05) is 38.1 Å². The highest BCUT2D eigenvalue weighted by Gasteiger charge is 2.23. The van der Waals surface area contributed by atoms with Crippen molar-refractivity contribution >= 4 is 28.0 Å². The van der Waals surface area contributed by atoms with Crippen LogP contribution in [0.4, 0.5) is 5.95 Å². The molecule has 174 valence electrons. The highest BCUT2D eigenvalue weighted by atomic mass is 15.2. The molecule has 4 aromatic rings. The van der Waals surface area contributed by atoms with Crippen LogP contribution in [0.5, 0.6) is 0 Å². The normalized spacial score (nSPS) is 16.8. The van der Waals surface area contributed by atoms with Crippen molar-refractivity contribution in [1.82, 2.24) is 24.0 Å². The van der Waals surface area contributed by atoms with E-state index in [4.69, 9.17) is 10.7 Å². The molecule has 0 radical (unpaired) electrons. The van der Waals surface area contributed by atoms with Crippen LogP contribution >= 0.6 is 0 Å². The molecular formula is C26H35N7. The topological polar surface area (TPSA) is 76.9 Å². The molecule has 5 rings (SSSR count). The van der Waals surface area contributed by atoms with E-state index in [9.17, 15) is 0 Å². The van der Waals surface area contributed by atoms with Crippen LogP contribution in [0.15, 0.2) is 48.8 Å². The van der Waals surface area contributed by atoms with Crippen molar-refractivity contribution in [2.24, 2.45) is 18.7 Å². The molecule has 7 nitrogen and oxygen atoms in total. The molecule has 0 aliphatic carbocycles. The van der Waals surface area contributed by atoms with E-state index in [2.05, 4.69) is 80.6 Å². The third-order valence-corrected chi connectivity index (χ3v) is 7.07. The molecule has 0 saturated carbocycles. The van der Waals surface area contributed by atoms with Crippen LogP contribution in [-0.4, -0.2) is 55.7 Å². The highest BCUT2D eigenvalue weighted by Crippen LogP contribution is 2.26. The second-order valence-electron chi connectivity index (χ2n) is 9.78. The summed E-state index contributed by atoms with van der Waals surface area (Å²) >= 11 is 0. The van der Waals surface area contributed by atoms with E-state index in [0.717, 1.165) is 67.0 Å². The second kappa shape index (κ2) is 9.15. The molecule has 1 unspecified atom stereocenters. The first kappa shape index (κ1) is 21.9. The van der Waals surface area contributed by atoms with Crippen LogP contribution in [0.3, 0.4) is 0 Å². The summed E-state index contributed by atoms with van der Waals surface area (Å²) in [5.74, 6) is 1.46. The van der Waals surface area contributed by atoms with E-state index < -0.39 is 0 Å². The van der Waals surface area contributed by atoms with Gasteiger partial charge in [0.25, 0.3) is 0 Å². The number of hydrogen-bond acceptors (Lipinski definition) is 5. The van der Waals surface area contributed by atoms with E-state index >= 15 is 0 Å². The van der Waals surface area contributed by atoms with Crippen molar-refractivity contribution in [2.75, 3.05) is 25.0 Å². The lowest BCUT2D eigenvalue weighted by Crippen LogP contribution is -2.46. The molecule has 2 aromatic heterocycles. The number of aryl methyl sites for hydroxylation is 1. The summed E-state index contributed by atoms with van der Waals surface area (Å²) in [5.41, 5.74) is 11.9. The van der Waals surface area contributed by atoms with Crippen molar-refractivity contribution in [1.29, 1.82) is 0 Å². The number of aromatic nitrogens is 4. The maximum atomic E-state index is 6.31. The van der Waals surface area contributed by atoms with Crippen molar-refractivity contribution in [3.05, 3.63) is 54.4 Å². The molecule has 1 atom stereocenters. The van der Waals surface area contributed by atoms with Crippen LogP contribution in [0.25, 0.3) is 22.1 Å². The summed E-state index contributed by atoms with van der Waals surface area (Å²) in [5, 5.41) is 3.78. The van der Waals surface area contributed by atoms with E-state index in [1.165, 1.54) is 5.56 Å². The quantitative estimate of drug-likeness (QED) is 0.452. The molecule has 0 spiro atoms. The van der Waals surface area contributed by atoms with Crippen LogP contribution in [0.2, 0.25) is 0 Å². The number of fused-ring (bicyclic) bond motifs is 2. The number of nitrogens with zero attached hydrogens (tertiary/aromatic N) is 5. The summed E-state index contributed by atoms with van der Waals surface area (Å²) in [6, 6.07) is 15.5. The monoisotopic (exact) mass is 445 g/mol. The number of para-hydroxylation sites is 3. The van der Waals surface area contributed by atoms with Crippen LogP contribution in [0.1, 0.15) is 32.3 Å². The Morgan fingerprint density at radius 3 is 2.61 bits per heavy atom. The van der Waals surface area contributed by atoms with Crippen molar-refractivity contribution in [3.8, 4) is 0 Å². The molecule has 1 saturated heterocycles. The fourth-order valence-corrected chi connectivity index (χ4v) is 4.81. The third kappa shape index (κ3) is 4.48. The van der Waals surface area contributed by atoms with Crippen LogP contribution in [-0.2, 0) is 13.6 Å². The first-order chi connectivity index (χ1) is 16.0. The molecule has 0 bridgehead atoms. The summed E-state index contributed by atoms with van der Waals surface area (Å²) in [7, 11) is 2.04. The molecule has 33 heavy (non-hydrogen) atoms. The molecule has 1 fully saturated rings. The first-order valence-corrected chi connectivity index (χ1v) is 12.1. The Morgan fingerprint density at radius 1 is 1.06 bits per heavy atom. The molecule has 2 aromatic carbocycles. The number of imidazole rings is 2. The van der Waals surface area contributed by atoms with E-state index in [1.807, 2.05) is 13.4 Å². The van der Waals surface area contributed by atoms with Crippen molar-refractivity contribution in [3.63, 3.8) is 0 Å². The number of nitrogens with one attached hydrogen (secondary N) is 1. The second-order valence-corrected chi connectivity index (χ2v) is 9.78. The zero-order chi connectivity index (χ0) is 22.9. The SMILES string of the molecule is CC(C)C(N)CN1CCC(Nc2nc3ccccc3n2Cc2cccc3c2ncn3C)CC1. The molecule has 0 amide bonds. The largest absolute Gasteiger partial charge is 0.353 e. The summed E-state index contributed by atoms with van der Waals surface area (Å²) in [6.45, 7) is 8.28. The van der Waals surface area contributed by atoms with Gasteiger partial charge in [0, 0.05) is 38.8 Å². The fourth-order valence-electron chi connectivity index (χ4n) is 4.81. The molecular weight excluding hydrogens is 410 g/mol. The molecule has 3 N–H and O–H groups in total. The Labute approximate surface area is 195 Å².